The van der Waals surface area contributed by atoms with Gasteiger partial charge in [-0.05, 0) is 19.9 Å². The average molecular weight is 409 g/mol. The summed E-state index contributed by atoms with van der Waals surface area (Å²) in [6, 6.07) is 1.40. The Morgan fingerprint density at radius 3 is 2.50 bits per heavy atom. The molecular formula is C19H28N4O4S. The fourth-order valence-electron chi connectivity index (χ4n) is 3.12. The Hall–Kier alpha value is -2.39. The van der Waals surface area contributed by atoms with E-state index >= 15 is 0 Å². The molecule has 8 nitrogen and oxygen atoms in total. The highest BCUT2D eigenvalue weighted by Crippen LogP contribution is 2.24. The first-order chi connectivity index (χ1) is 13.2. The molecule has 154 valence electrons. The summed E-state index contributed by atoms with van der Waals surface area (Å²) < 4.78 is 33.6. The Bertz CT molecular complexity index is 963. The third kappa shape index (κ3) is 4.20. The lowest BCUT2D eigenvalue weighted by atomic mass is 10.1. The molecule has 0 aliphatic carbocycles. The fourth-order valence-corrected chi connectivity index (χ4v) is 4.65. The van der Waals surface area contributed by atoms with Crippen LogP contribution in [0.1, 0.15) is 41.2 Å². The number of rotatable bonds is 8. The first kappa shape index (κ1) is 21.9. The van der Waals surface area contributed by atoms with E-state index in [4.69, 9.17) is 4.74 Å². The van der Waals surface area contributed by atoms with Gasteiger partial charge >= 0.3 is 0 Å². The number of aryl methyl sites for hydroxylation is 2. The molecule has 2 aromatic heterocycles. The molecule has 0 unspecified atom stereocenters. The third-order valence-electron chi connectivity index (χ3n) is 4.72. The van der Waals surface area contributed by atoms with E-state index in [0.717, 1.165) is 16.9 Å². The van der Waals surface area contributed by atoms with Gasteiger partial charge in [0.25, 0.3) is 5.91 Å². The predicted molar refractivity (Wildman–Crippen MR) is 107 cm³/mol. The van der Waals surface area contributed by atoms with Gasteiger partial charge in [-0.25, -0.2) is 8.42 Å². The molecule has 1 amide bonds. The molecule has 0 radical (unpaired) electrons. The van der Waals surface area contributed by atoms with Crippen molar-refractivity contribution in [3.05, 3.63) is 41.0 Å². The number of carbonyl (C=O) groups excluding carboxylic acids is 1. The van der Waals surface area contributed by atoms with Crippen LogP contribution in [-0.4, -0.2) is 48.4 Å². The van der Waals surface area contributed by atoms with Crippen molar-refractivity contribution in [2.24, 2.45) is 7.05 Å². The number of methoxy groups -OCH3 is 1. The van der Waals surface area contributed by atoms with Gasteiger partial charge in [0.1, 0.15) is 16.3 Å². The van der Waals surface area contributed by atoms with E-state index in [9.17, 15) is 13.2 Å². The quantitative estimate of drug-likeness (QED) is 0.721. The van der Waals surface area contributed by atoms with Gasteiger partial charge in [-0.15, -0.1) is 0 Å². The summed E-state index contributed by atoms with van der Waals surface area (Å²) in [5, 5.41) is 2.80. The maximum Gasteiger partial charge on any atom is 0.268 e. The number of pyridine rings is 1. The third-order valence-corrected chi connectivity index (χ3v) is 6.74. The fraction of sp³-hybridized carbons (Fsp3) is 0.474. The maximum absolute atomic E-state index is 12.7. The Morgan fingerprint density at radius 2 is 1.93 bits per heavy atom. The zero-order chi connectivity index (χ0) is 21.1. The molecule has 2 rings (SSSR count). The Kier molecular flexibility index (Phi) is 6.84. The van der Waals surface area contributed by atoms with Gasteiger partial charge in [0, 0.05) is 43.7 Å². The summed E-state index contributed by atoms with van der Waals surface area (Å²) in [7, 11) is -0.376. The van der Waals surface area contributed by atoms with Crippen LogP contribution in [0.25, 0.3) is 0 Å². The Balaban J connectivity index is 2.22. The summed E-state index contributed by atoms with van der Waals surface area (Å²) in [6.45, 7) is 8.31. The van der Waals surface area contributed by atoms with Crippen LogP contribution in [0, 0.1) is 13.8 Å². The van der Waals surface area contributed by atoms with E-state index in [2.05, 4.69) is 10.3 Å². The Morgan fingerprint density at radius 1 is 1.29 bits per heavy atom. The van der Waals surface area contributed by atoms with Gasteiger partial charge in [-0.3, -0.25) is 9.78 Å². The minimum Gasteiger partial charge on any atom is -0.496 e. The van der Waals surface area contributed by atoms with E-state index in [1.807, 2.05) is 13.8 Å². The molecule has 0 bridgehead atoms. The van der Waals surface area contributed by atoms with Gasteiger partial charge < -0.3 is 14.6 Å². The molecule has 0 aliphatic heterocycles. The second-order valence-corrected chi connectivity index (χ2v) is 8.43. The van der Waals surface area contributed by atoms with Crippen molar-refractivity contribution in [2.75, 3.05) is 20.2 Å². The van der Waals surface area contributed by atoms with Crippen LogP contribution in [0.4, 0.5) is 0 Å². The van der Waals surface area contributed by atoms with Crippen LogP contribution < -0.4 is 10.1 Å². The van der Waals surface area contributed by atoms with Crippen LogP contribution >= 0.6 is 0 Å². The first-order valence-corrected chi connectivity index (χ1v) is 10.5. The van der Waals surface area contributed by atoms with E-state index in [0.29, 0.717) is 18.8 Å². The van der Waals surface area contributed by atoms with Crippen molar-refractivity contribution in [3.8, 4) is 5.75 Å². The number of amides is 1. The van der Waals surface area contributed by atoms with Crippen molar-refractivity contribution in [1.29, 1.82) is 0 Å². The summed E-state index contributed by atoms with van der Waals surface area (Å²) in [6.07, 6.45) is 3.16. The van der Waals surface area contributed by atoms with Gasteiger partial charge in [-0.1, -0.05) is 13.8 Å². The summed E-state index contributed by atoms with van der Waals surface area (Å²) in [4.78, 5) is 17.1. The maximum atomic E-state index is 12.7. The largest absolute Gasteiger partial charge is 0.496 e. The number of nitrogens with one attached hydrogen (secondary N) is 1. The lowest BCUT2D eigenvalue weighted by Crippen LogP contribution is -2.30. The number of hydrogen-bond donors (Lipinski definition) is 1. The monoisotopic (exact) mass is 408 g/mol. The number of carbonyl (C=O) groups is 1. The molecule has 0 aromatic carbocycles. The highest BCUT2D eigenvalue weighted by Gasteiger charge is 2.25. The summed E-state index contributed by atoms with van der Waals surface area (Å²) in [5.41, 5.74) is 2.74. The minimum absolute atomic E-state index is 0.107. The summed E-state index contributed by atoms with van der Waals surface area (Å²) >= 11 is 0. The predicted octanol–water partition coefficient (Wildman–Crippen LogP) is 2.01. The van der Waals surface area contributed by atoms with Gasteiger partial charge in [0.2, 0.25) is 10.0 Å². The van der Waals surface area contributed by atoms with Crippen molar-refractivity contribution in [2.45, 2.75) is 39.1 Å². The van der Waals surface area contributed by atoms with E-state index < -0.39 is 10.0 Å². The molecule has 9 heteroatoms. The van der Waals surface area contributed by atoms with Crippen LogP contribution in [0.3, 0.4) is 0 Å². The van der Waals surface area contributed by atoms with Crippen molar-refractivity contribution >= 4 is 15.9 Å². The van der Waals surface area contributed by atoms with Gasteiger partial charge in [0.15, 0.2) is 0 Å². The zero-order valence-corrected chi connectivity index (χ0v) is 18.1. The van der Waals surface area contributed by atoms with E-state index in [-0.39, 0.29) is 23.0 Å². The minimum atomic E-state index is -3.62. The normalized spacial score (nSPS) is 11.7. The number of ether oxygens (including phenoxy) is 1. The lowest BCUT2D eigenvalue weighted by molar-refractivity contribution is 0.0942. The van der Waals surface area contributed by atoms with Gasteiger partial charge in [-0.2, -0.15) is 4.31 Å². The molecule has 0 saturated heterocycles. The zero-order valence-electron chi connectivity index (χ0n) is 17.2. The van der Waals surface area contributed by atoms with Crippen LogP contribution in [0.2, 0.25) is 0 Å². The molecule has 0 saturated carbocycles. The molecule has 0 spiro atoms. The topological polar surface area (TPSA) is 93.5 Å². The molecule has 0 aliphatic rings. The smallest absolute Gasteiger partial charge is 0.268 e. The van der Waals surface area contributed by atoms with Crippen LogP contribution in [0.5, 0.6) is 5.75 Å². The van der Waals surface area contributed by atoms with Crippen molar-refractivity contribution in [1.82, 2.24) is 19.2 Å². The second-order valence-electron chi connectivity index (χ2n) is 6.49. The number of sulfonamides is 1. The molecule has 1 N–H and O–H groups in total. The summed E-state index contributed by atoms with van der Waals surface area (Å²) in [5.74, 6) is 0.370. The molecule has 0 fully saturated rings. The second kappa shape index (κ2) is 8.74. The molecule has 0 atom stereocenters. The van der Waals surface area contributed by atoms with Crippen LogP contribution in [-0.2, 0) is 23.6 Å². The molecule has 28 heavy (non-hydrogen) atoms. The number of aromatic nitrogens is 2. The van der Waals surface area contributed by atoms with E-state index in [1.54, 1.807) is 34.2 Å². The molecular weight excluding hydrogens is 380 g/mol. The van der Waals surface area contributed by atoms with E-state index in [1.165, 1.54) is 21.1 Å². The highest BCUT2D eigenvalue weighted by atomic mass is 32.2. The number of hydrogen-bond acceptors (Lipinski definition) is 5. The van der Waals surface area contributed by atoms with Crippen LogP contribution in [0.15, 0.2) is 23.4 Å². The van der Waals surface area contributed by atoms with Crippen molar-refractivity contribution < 1.29 is 17.9 Å². The standard InChI is InChI=1S/C19H28N4O4S/c1-7-23(8-2)28(25,26)15-9-17(22(5)12-15)19(24)21-11-16-14(4)18(27-6)13(3)10-20-16/h9-10,12H,7-8,11H2,1-6H3,(H,21,24). The Labute approximate surface area is 166 Å². The van der Waals surface area contributed by atoms with Gasteiger partial charge in [0.05, 0.1) is 19.3 Å². The highest BCUT2D eigenvalue weighted by molar-refractivity contribution is 7.89. The SMILES string of the molecule is CCN(CC)S(=O)(=O)c1cc(C(=O)NCc2ncc(C)c(OC)c2C)n(C)c1. The lowest BCUT2D eigenvalue weighted by Gasteiger charge is -2.17. The molecule has 2 heterocycles. The average Bonchev–Trinajstić information content (AvgIpc) is 3.05. The number of nitrogens with zero attached hydrogens (tertiary/aromatic N) is 3. The molecule has 2 aromatic rings. The van der Waals surface area contributed by atoms with Crippen molar-refractivity contribution in [3.63, 3.8) is 0 Å². The first-order valence-electron chi connectivity index (χ1n) is 9.11.